The van der Waals surface area contributed by atoms with Crippen LogP contribution in [0.25, 0.3) is 0 Å². The summed E-state index contributed by atoms with van der Waals surface area (Å²) in [6.45, 7) is 5.02. The second-order valence-electron chi connectivity index (χ2n) is 4.15. The number of carbonyl (C=O) groups is 2. The van der Waals surface area contributed by atoms with Gasteiger partial charge in [-0.2, -0.15) is 0 Å². The van der Waals surface area contributed by atoms with Gasteiger partial charge in [0.25, 0.3) is 0 Å². The third-order valence-corrected chi connectivity index (χ3v) is 3.28. The summed E-state index contributed by atoms with van der Waals surface area (Å²) in [5.41, 5.74) is 0.670. The fourth-order valence-electron chi connectivity index (χ4n) is 1.55. The van der Waals surface area contributed by atoms with Gasteiger partial charge in [-0.3, -0.25) is 5.32 Å². The third-order valence-electron chi connectivity index (χ3n) is 2.49. The molecule has 0 spiro atoms. The minimum absolute atomic E-state index is 0.00909. The lowest BCUT2D eigenvalue weighted by molar-refractivity contribution is -0.133. The number of aliphatic carboxylic acids is 1. The molecule has 0 saturated carbocycles. The summed E-state index contributed by atoms with van der Waals surface area (Å²) in [4.78, 5) is 23.3. The molecule has 0 radical (unpaired) electrons. The van der Waals surface area contributed by atoms with E-state index in [1.807, 2.05) is 24.5 Å². The number of hydrogen-bond donors (Lipinski definition) is 2. The summed E-state index contributed by atoms with van der Waals surface area (Å²) in [6, 6.07) is 7.34. The zero-order valence-corrected chi connectivity index (χ0v) is 12.2. The highest BCUT2D eigenvalue weighted by Crippen LogP contribution is 2.24. The Morgan fingerprint density at radius 1 is 1.45 bits per heavy atom. The fourth-order valence-corrected chi connectivity index (χ4v) is 2.10. The van der Waals surface area contributed by atoms with E-state index in [1.165, 1.54) is 11.8 Å². The average molecular weight is 295 g/mol. The van der Waals surface area contributed by atoms with Crippen molar-refractivity contribution in [1.29, 1.82) is 0 Å². The van der Waals surface area contributed by atoms with Crippen molar-refractivity contribution < 1.29 is 19.4 Å². The summed E-state index contributed by atoms with van der Waals surface area (Å²) < 4.78 is 5.09. The highest BCUT2D eigenvalue weighted by Gasteiger charge is 2.15. The number of thioether (sulfide) groups is 1. The molecule has 5 nitrogen and oxygen atoms in total. The second-order valence-corrected chi connectivity index (χ2v) is 5.00. The van der Waals surface area contributed by atoms with Crippen LogP contribution in [0.3, 0.4) is 0 Å². The maximum atomic E-state index is 11.7. The largest absolute Gasteiger partial charge is 0.478 e. The number of para-hydroxylation sites is 1. The van der Waals surface area contributed by atoms with Crippen LogP contribution >= 0.6 is 11.8 Å². The average Bonchev–Trinajstić information content (AvgIpc) is 2.38. The van der Waals surface area contributed by atoms with E-state index in [0.717, 1.165) is 4.90 Å². The lowest BCUT2D eigenvalue weighted by Gasteiger charge is -2.15. The number of anilines is 1. The molecule has 1 aromatic carbocycles. The molecule has 1 atom stereocenters. The van der Waals surface area contributed by atoms with E-state index in [9.17, 15) is 9.59 Å². The number of carbonyl (C=O) groups excluding carboxylic acids is 1. The maximum absolute atomic E-state index is 11.7. The van der Waals surface area contributed by atoms with Crippen LogP contribution in [0.1, 0.15) is 13.3 Å². The van der Waals surface area contributed by atoms with Crippen molar-refractivity contribution in [2.75, 3.05) is 11.6 Å². The van der Waals surface area contributed by atoms with Crippen LogP contribution in [0, 0.1) is 0 Å². The van der Waals surface area contributed by atoms with E-state index in [1.54, 1.807) is 13.0 Å². The van der Waals surface area contributed by atoms with Crippen molar-refractivity contribution in [1.82, 2.24) is 0 Å². The first kappa shape index (κ1) is 16.1. The molecule has 0 aliphatic heterocycles. The number of hydrogen-bond acceptors (Lipinski definition) is 4. The number of carboxylic acid groups (broad SMARTS) is 1. The molecule has 0 bridgehead atoms. The SMILES string of the molecule is C=C(CC(C)OC(=O)Nc1ccccc1SC)C(=O)O. The van der Waals surface area contributed by atoms with E-state index < -0.39 is 18.2 Å². The minimum atomic E-state index is -1.09. The van der Waals surface area contributed by atoms with E-state index in [2.05, 4.69) is 11.9 Å². The first-order chi connectivity index (χ1) is 9.43. The quantitative estimate of drug-likeness (QED) is 0.621. The standard InChI is InChI=1S/C14H17NO4S/c1-9(13(16)17)8-10(2)19-14(18)15-11-6-4-5-7-12(11)20-3/h4-7,10H,1,8H2,2-3H3,(H,15,18)(H,16,17). The number of rotatable bonds is 6. The molecule has 0 aliphatic rings. The molecular weight excluding hydrogens is 278 g/mol. The molecule has 1 rings (SSSR count). The maximum Gasteiger partial charge on any atom is 0.411 e. The van der Waals surface area contributed by atoms with Crippen LogP contribution in [-0.2, 0) is 9.53 Å². The van der Waals surface area contributed by atoms with Crippen LogP contribution in [0.5, 0.6) is 0 Å². The van der Waals surface area contributed by atoms with Gasteiger partial charge in [-0.15, -0.1) is 11.8 Å². The Balaban J connectivity index is 2.55. The predicted octanol–water partition coefficient (Wildman–Crippen LogP) is 3.38. The number of ether oxygens (including phenoxy) is 1. The van der Waals surface area contributed by atoms with Gasteiger partial charge in [0.15, 0.2) is 0 Å². The lowest BCUT2D eigenvalue weighted by Crippen LogP contribution is -2.21. The summed E-state index contributed by atoms with van der Waals surface area (Å²) in [7, 11) is 0. The number of benzene rings is 1. The van der Waals surface area contributed by atoms with Crippen molar-refractivity contribution >= 4 is 29.5 Å². The Morgan fingerprint density at radius 3 is 2.70 bits per heavy atom. The van der Waals surface area contributed by atoms with Crippen molar-refractivity contribution in [2.24, 2.45) is 0 Å². The normalized spacial score (nSPS) is 11.5. The van der Waals surface area contributed by atoms with Crippen LogP contribution < -0.4 is 5.32 Å². The molecule has 0 fully saturated rings. The molecular formula is C14H17NO4S. The summed E-state index contributed by atoms with van der Waals surface area (Å²) in [5, 5.41) is 11.3. The topological polar surface area (TPSA) is 75.6 Å². The van der Waals surface area contributed by atoms with Gasteiger partial charge in [-0.1, -0.05) is 18.7 Å². The number of nitrogens with one attached hydrogen (secondary N) is 1. The zero-order valence-electron chi connectivity index (χ0n) is 11.4. The second kappa shape index (κ2) is 7.59. The van der Waals surface area contributed by atoms with Crippen molar-refractivity contribution in [3.05, 3.63) is 36.4 Å². The van der Waals surface area contributed by atoms with Gasteiger partial charge in [-0.25, -0.2) is 9.59 Å². The van der Waals surface area contributed by atoms with Crippen molar-refractivity contribution in [2.45, 2.75) is 24.3 Å². The van der Waals surface area contributed by atoms with E-state index >= 15 is 0 Å². The minimum Gasteiger partial charge on any atom is -0.478 e. The van der Waals surface area contributed by atoms with Gasteiger partial charge in [0.2, 0.25) is 0 Å². The predicted molar refractivity (Wildman–Crippen MR) is 79.2 cm³/mol. The molecule has 0 aliphatic carbocycles. The Labute approximate surface area is 122 Å². The van der Waals surface area contributed by atoms with Gasteiger partial charge in [0.05, 0.1) is 5.69 Å². The first-order valence-corrected chi connectivity index (χ1v) is 7.18. The van der Waals surface area contributed by atoms with Crippen LogP contribution in [0.15, 0.2) is 41.3 Å². The highest BCUT2D eigenvalue weighted by molar-refractivity contribution is 7.98. The molecule has 1 aromatic rings. The van der Waals surface area contributed by atoms with Crippen LogP contribution in [0.2, 0.25) is 0 Å². The molecule has 20 heavy (non-hydrogen) atoms. The van der Waals surface area contributed by atoms with Crippen molar-refractivity contribution in [3.63, 3.8) is 0 Å². The first-order valence-electron chi connectivity index (χ1n) is 5.95. The van der Waals surface area contributed by atoms with Crippen LogP contribution in [0.4, 0.5) is 10.5 Å². The Hall–Kier alpha value is -1.95. The zero-order chi connectivity index (χ0) is 15.1. The number of carboxylic acids is 1. The molecule has 1 amide bonds. The lowest BCUT2D eigenvalue weighted by atomic mass is 10.1. The van der Waals surface area contributed by atoms with Gasteiger partial charge in [-0.05, 0) is 25.3 Å². The molecule has 1 unspecified atom stereocenters. The smallest absolute Gasteiger partial charge is 0.411 e. The summed E-state index contributed by atoms with van der Waals surface area (Å²) in [5.74, 6) is -1.09. The monoisotopic (exact) mass is 295 g/mol. The fraction of sp³-hybridized carbons (Fsp3) is 0.286. The van der Waals surface area contributed by atoms with Gasteiger partial charge < -0.3 is 9.84 Å². The molecule has 0 saturated heterocycles. The molecule has 108 valence electrons. The Kier molecular flexibility index (Phi) is 6.11. The van der Waals surface area contributed by atoms with E-state index in [4.69, 9.17) is 9.84 Å². The molecule has 2 N–H and O–H groups in total. The van der Waals surface area contributed by atoms with Gasteiger partial charge in [0.1, 0.15) is 6.10 Å². The van der Waals surface area contributed by atoms with Crippen LogP contribution in [-0.4, -0.2) is 29.5 Å². The van der Waals surface area contributed by atoms with Gasteiger partial charge >= 0.3 is 12.1 Å². The Bertz CT molecular complexity index is 516. The summed E-state index contributed by atoms with van der Waals surface area (Å²) >= 11 is 1.51. The summed E-state index contributed by atoms with van der Waals surface area (Å²) in [6.07, 6.45) is 0.829. The van der Waals surface area contributed by atoms with E-state index in [-0.39, 0.29) is 12.0 Å². The molecule has 0 aromatic heterocycles. The highest BCUT2D eigenvalue weighted by atomic mass is 32.2. The van der Waals surface area contributed by atoms with E-state index in [0.29, 0.717) is 5.69 Å². The molecule has 0 heterocycles. The third kappa shape index (κ3) is 4.97. The van der Waals surface area contributed by atoms with Gasteiger partial charge in [0, 0.05) is 16.9 Å². The van der Waals surface area contributed by atoms with Crippen molar-refractivity contribution in [3.8, 4) is 0 Å². The number of amides is 1. The molecule has 6 heteroatoms. The Morgan fingerprint density at radius 2 is 2.10 bits per heavy atom.